The van der Waals surface area contributed by atoms with Crippen LogP contribution in [-0.2, 0) is 13.0 Å². The number of hydrogen-bond donors (Lipinski definition) is 0. The lowest BCUT2D eigenvalue weighted by atomic mass is 10.5. The van der Waals surface area contributed by atoms with E-state index in [0.29, 0.717) is 11.0 Å². The molecule has 0 bridgehead atoms. The smallest absolute Gasteiger partial charge is 0.336 e. The van der Waals surface area contributed by atoms with Crippen LogP contribution in [0.4, 0.5) is 0 Å². The summed E-state index contributed by atoms with van der Waals surface area (Å²) in [4.78, 5) is 5.34. The topological polar surface area (TPSA) is 34.2 Å². The quantitative estimate of drug-likeness (QED) is 0.243. The molecular weight excluding hydrogens is 429 g/mol. The van der Waals surface area contributed by atoms with E-state index in [2.05, 4.69) is 77.2 Å². The second-order valence-corrected chi connectivity index (χ2v) is 24.6. The van der Waals surface area contributed by atoms with Gasteiger partial charge in [-0.15, -0.1) is 0 Å². The van der Waals surface area contributed by atoms with Gasteiger partial charge in [-0.1, -0.05) is 40.7 Å². The van der Waals surface area contributed by atoms with Crippen molar-refractivity contribution in [3.05, 3.63) is 0 Å². The van der Waals surface area contributed by atoms with Gasteiger partial charge in [-0.2, -0.15) is 0 Å². The first-order valence-electron chi connectivity index (χ1n) is 11.7. The summed E-state index contributed by atoms with van der Waals surface area (Å²) in [7, 11) is -2.42. The number of nitrogens with zero attached hydrogens (tertiary/aromatic N) is 2. The zero-order chi connectivity index (χ0) is 22.9. The average Bonchev–Trinajstić information content (AvgIpc) is 2.67. The summed E-state index contributed by atoms with van der Waals surface area (Å²) in [6, 6.07) is 2.65. The van der Waals surface area contributed by atoms with Crippen LogP contribution >= 0.6 is 0 Å². The summed E-state index contributed by atoms with van der Waals surface area (Å²) in [5.41, 5.74) is 0. The van der Waals surface area contributed by atoms with Gasteiger partial charge in [0.2, 0.25) is 0 Å². The molecule has 29 heavy (non-hydrogen) atoms. The lowest BCUT2D eigenvalue weighted by Gasteiger charge is -2.43. The maximum absolute atomic E-state index is 6.99. The van der Waals surface area contributed by atoms with Crippen molar-refractivity contribution < 1.29 is 13.0 Å². The van der Waals surface area contributed by atoms with Crippen LogP contribution in [0.1, 0.15) is 34.6 Å². The SMILES string of the molecule is CCN(CC)C([SiH2]CC[Si](C)(C)O[Si](C)(C)C(C)[Si](C)(OC)OC)N(CC)CC. The number of hydrogen-bond acceptors (Lipinski definition) is 5. The van der Waals surface area contributed by atoms with Crippen LogP contribution in [0.25, 0.3) is 0 Å². The molecule has 0 saturated heterocycles. The van der Waals surface area contributed by atoms with Crippen molar-refractivity contribution in [2.24, 2.45) is 0 Å². The van der Waals surface area contributed by atoms with Gasteiger partial charge in [0.25, 0.3) is 0 Å². The zero-order valence-corrected chi connectivity index (χ0v) is 26.1. The highest BCUT2D eigenvalue weighted by Crippen LogP contribution is 2.36. The second-order valence-electron chi connectivity index (χ2n) is 9.43. The van der Waals surface area contributed by atoms with E-state index in [1.165, 1.54) is 12.1 Å². The Bertz CT molecular complexity index is 431. The van der Waals surface area contributed by atoms with Crippen molar-refractivity contribution in [1.82, 2.24) is 9.80 Å². The maximum atomic E-state index is 6.99. The Morgan fingerprint density at radius 3 is 1.55 bits per heavy atom. The van der Waals surface area contributed by atoms with Gasteiger partial charge in [-0.05, 0) is 65.0 Å². The van der Waals surface area contributed by atoms with E-state index >= 15 is 0 Å². The first-order chi connectivity index (χ1) is 13.4. The van der Waals surface area contributed by atoms with Crippen LogP contribution in [0.3, 0.4) is 0 Å². The average molecular weight is 481 g/mol. The van der Waals surface area contributed by atoms with Crippen molar-refractivity contribution >= 4 is 34.7 Å². The molecule has 0 radical (unpaired) electrons. The van der Waals surface area contributed by atoms with Crippen LogP contribution < -0.4 is 0 Å². The van der Waals surface area contributed by atoms with Crippen molar-refractivity contribution in [1.29, 1.82) is 0 Å². The van der Waals surface area contributed by atoms with Crippen LogP contribution in [-0.4, -0.2) is 90.7 Å². The standard InChI is InChI=1S/C20H52N2O3Si4/c1-13-21(14-2)20(22(15-3)16-4)26-17-18-27(8,9)25-28(10,11)19(5)29(12,23-6)24-7/h19-20H,13-18,26H2,1-12H3. The third kappa shape index (κ3) is 8.97. The Morgan fingerprint density at radius 1 is 0.793 bits per heavy atom. The third-order valence-corrected chi connectivity index (χ3v) is 24.7. The van der Waals surface area contributed by atoms with Gasteiger partial charge in [-0.25, -0.2) is 0 Å². The van der Waals surface area contributed by atoms with E-state index in [9.17, 15) is 0 Å². The van der Waals surface area contributed by atoms with Crippen molar-refractivity contribution in [3.63, 3.8) is 0 Å². The summed E-state index contributed by atoms with van der Waals surface area (Å²) in [5.74, 6) is 0.687. The molecule has 0 aliphatic rings. The zero-order valence-electron chi connectivity index (χ0n) is 21.7. The Balaban J connectivity index is 5.08. The van der Waals surface area contributed by atoms with Crippen LogP contribution in [0, 0.1) is 0 Å². The molecule has 0 aromatic rings. The molecule has 1 unspecified atom stereocenters. The van der Waals surface area contributed by atoms with E-state index < -0.39 is 25.2 Å². The summed E-state index contributed by atoms with van der Waals surface area (Å²) < 4.78 is 18.7. The number of rotatable bonds is 16. The molecular formula is C20H52N2O3Si4. The summed E-state index contributed by atoms with van der Waals surface area (Å²) in [6.45, 7) is 27.9. The van der Waals surface area contributed by atoms with Gasteiger partial charge < -0.3 is 13.0 Å². The minimum absolute atomic E-state index is 0.221. The fourth-order valence-corrected chi connectivity index (χ4v) is 24.8. The van der Waals surface area contributed by atoms with E-state index in [4.69, 9.17) is 13.0 Å². The van der Waals surface area contributed by atoms with Gasteiger partial charge in [-0.3, -0.25) is 9.80 Å². The highest BCUT2D eigenvalue weighted by Gasteiger charge is 2.49. The molecule has 1 atom stereocenters. The van der Waals surface area contributed by atoms with Gasteiger partial charge in [0, 0.05) is 25.2 Å². The predicted octanol–water partition coefficient (Wildman–Crippen LogP) is 4.26. The summed E-state index contributed by atoms with van der Waals surface area (Å²) in [6.07, 6.45) is 0. The molecule has 5 nitrogen and oxygen atoms in total. The molecule has 176 valence electrons. The monoisotopic (exact) mass is 480 g/mol. The Hall–Kier alpha value is 0.668. The molecule has 0 heterocycles. The first-order valence-corrected chi connectivity index (χ1v) is 22.0. The fourth-order valence-electron chi connectivity index (χ4n) is 4.52. The molecule has 0 rings (SSSR count). The largest absolute Gasteiger partial charge is 0.455 e. The summed E-state index contributed by atoms with van der Waals surface area (Å²) in [5, 5.41) is 0.396. The van der Waals surface area contributed by atoms with Gasteiger partial charge in [0.05, 0.1) is 9.52 Å². The molecule has 0 spiro atoms. The highest BCUT2D eigenvalue weighted by molar-refractivity contribution is 6.94. The third-order valence-electron chi connectivity index (χ3n) is 6.89. The van der Waals surface area contributed by atoms with E-state index in [0.717, 1.165) is 26.2 Å². The lowest BCUT2D eigenvalue weighted by molar-refractivity contribution is 0.115. The molecule has 0 aliphatic heterocycles. The molecule has 0 fully saturated rings. The van der Waals surface area contributed by atoms with E-state index in [1.807, 2.05) is 0 Å². The maximum Gasteiger partial charge on any atom is 0.336 e. The Morgan fingerprint density at radius 2 is 1.21 bits per heavy atom. The Labute approximate surface area is 188 Å². The van der Waals surface area contributed by atoms with Gasteiger partial charge >= 0.3 is 8.56 Å². The molecule has 0 saturated carbocycles. The second kappa shape index (κ2) is 13.3. The van der Waals surface area contributed by atoms with Gasteiger partial charge in [0.15, 0.2) is 16.6 Å². The Kier molecular flexibility index (Phi) is 13.6. The fraction of sp³-hybridized carbons (Fsp3) is 1.00. The van der Waals surface area contributed by atoms with Crippen LogP contribution in [0.15, 0.2) is 0 Å². The summed E-state index contributed by atoms with van der Waals surface area (Å²) >= 11 is 0. The normalized spacial score (nSPS) is 15.4. The molecule has 0 amide bonds. The first kappa shape index (κ1) is 29.7. The van der Waals surface area contributed by atoms with Crippen LogP contribution in [0.2, 0.25) is 50.0 Å². The minimum Gasteiger partial charge on any atom is -0.455 e. The minimum atomic E-state index is -2.18. The van der Waals surface area contributed by atoms with Crippen LogP contribution in [0.5, 0.6) is 0 Å². The van der Waals surface area contributed by atoms with Gasteiger partial charge in [0.1, 0.15) is 0 Å². The molecule has 0 aliphatic carbocycles. The molecule has 9 heteroatoms. The molecule has 0 aromatic heterocycles. The highest BCUT2D eigenvalue weighted by atomic mass is 28.5. The van der Waals surface area contributed by atoms with Crippen molar-refractivity contribution in [2.45, 2.75) is 90.4 Å². The molecule has 0 aromatic carbocycles. The molecule has 0 N–H and O–H groups in total. The van der Waals surface area contributed by atoms with E-state index in [-0.39, 0.29) is 9.52 Å². The lowest BCUT2D eigenvalue weighted by Crippen LogP contribution is -2.56. The van der Waals surface area contributed by atoms with E-state index in [1.54, 1.807) is 14.2 Å². The van der Waals surface area contributed by atoms with Crippen molar-refractivity contribution in [3.8, 4) is 0 Å². The predicted molar refractivity (Wildman–Crippen MR) is 139 cm³/mol. The van der Waals surface area contributed by atoms with Crippen molar-refractivity contribution in [2.75, 3.05) is 40.4 Å².